The molecule has 90 valence electrons. The molecule has 2 aromatic rings. The molecule has 0 fully saturated rings. The van der Waals surface area contributed by atoms with E-state index in [1.807, 2.05) is 22.2 Å². The molecule has 17 heavy (non-hydrogen) atoms. The number of nitrogens with zero attached hydrogens (tertiary/aromatic N) is 2. The number of hydrogen-bond donors (Lipinski definition) is 1. The summed E-state index contributed by atoms with van der Waals surface area (Å²) in [5.41, 5.74) is 0.926. The zero-order chi connectivity index (χ0) is 11.9. The monoisotopic (exact) mass is 269 g/mol. The van der Waals surface area contributed by atoms with Crippen LogP contribution >= 0.6 is 11.3 Å². The summed E-state index contributed by atoms with van der Waals surface area (Å²) in [6.07, 6.45) is 5.59. The largest absolute Gasteiger partial charge is 0.304 e. The van der Waals surface area contributed by atoms with Gasteiger partial charge in [0.2, 0.25) is 0 Å². The van der Waals surface area contributed by atoms with Crippen LogP contribution in [-0.2, 0) is 16.4 Å². The molecule has 1 unspecified atom stereocenters. The first-order valence-corrected chi connectivity index (χ1v) is 7.77. The average Bonchev–Trinajstić information content (AvgIpc) is 2.88. The van der Waals surface area contributed by atoms with Crippen LogP contribution in [0.15, 0.2) is 29.3 Å². The van der Waals surface area contributed by atoms with E-state index < -0.39 is 9.84 Å². The molecular weight excluding hydrogens is 258 g/mol. The lowest BCUT2D eigenvalue weighted by molar-refractivity contribution is 0.588. The molecule has 0 bridgehead atoms. The Morgan fingerprint density at radius 1 is 1.59 bits per heavy atom. The average molecular weight is 269 g/mol. The van der Waals surface area contributed by atoms with Crippen molar-refractivity contribution in [1.82, 2.24) is 14.7 Å². The fraction of sp³-hybridized carbons (Fsp3) is 0.300. The summed E-state index contributed by atoms with van der Waals surface area (Å²) in [5.74, 6) is 0.148. The van der Waals surface area contributed by atoms with Gasteiger partial charge in [-0.2, -0.15) is 0 Å². The van der Waals surface area contributed by atoms with Gasteiger partial charge >= 0.3 is 0 Å². The molecule has 7 heteroatoms. The van der Waals surface area contributed by atoms with Crippen LogP contribution < -0.4 is 5.32 Å². The van der Waals surface area contributed by atoms with Crippen molar-refractivity contribution in [3.63, 3.8) is 0 Å². The van der Waals surface area contributed by atoms with Crippen LogP contribution in [0.4, 0.5) is 0 Å². The third-order valence-corrected chi connectivity index (χ3v) is 4.78. The minimum absolute atomic E-state index is 0.0975. The van der Waals surface area contributed by atoms with E-state index >= 15 is 0 Å². The van der Waals surface area contributed by atoms with Crippen molar-refractivity contribution in [3.05, 3.63) is 35.0 Å². The van der Waals surface area contributed by atoms with Gasteiger partial charge in [0, 0.05) is 35.8 Å². The van der Waals surface area contributed by atoms with Gasteiger partial charge in [-0.15, -0.1) is 11.3 Å². The Kier molecular flexibility index (Phi) is 2.53. The molecule has 1 atom stereocenters. The quantitative estimate of drug-likeness (QED) is 0.895. The van der Waals surface area contributed by atoms with E-state index in [4.69, 9.17) is 0 Å². The SMILES string of the molecule is O=S1(=O)C=CC(NCc2cn3ccsc3n2)C1. The Morgan fingerprint density at radius 2 is 2.47 bits per heavy atom. The van der Waals surface area contributed by atoms with Crippen LogP contribution in [0.2, 0.25) is 0 Å². The second kappa shape index (κ2) is 3.94. The summed E-state index contributed by atoms with van der Waals surface area (Å²) in [5, 5.41) is 6.42. The highest BCUT2D eigenvalue weighted by molar-refractivity contribution is 7.94. The maximum atomic E-state index is 11.2. The normalized spacial score (nSPS) is 22.5. The van der Waals surface area contributed by atoms with Gasteiger partial charge in [0.05, 0.1) is 11.4 Å². The molecule has 0 aromatic carbocycles. The maximum absolute atomic E-state index is 11.2. The van der Waals surface area contributed by atoms with Crippen LogP contribution in [0.3, 0.4) is 0 Å². The summed E-state index contributed by atoms with van der Waals surface area (Å²) in [6, 6.07) is -0.0975. The van der Waals surface area contributed by atoms with Gasteiger partial charge in [-0.3, -0.25) is 4.40 Å². The van der Waals surface area contributed by atoms with Gasteiger partial charge in [-0.25, -0.2) is 13.4 Å². The highest BCUT2D eigenvalue weighted by Crippen LogP contribution is 2.12. The molecule has 2 aromatic heterocycles. The van der Waals surface area contributed by atoms with E-state index in [1.54, 1.807) is 17.4 Å². The number of aromatic nitrogens is 2. The van der Waals surface area contributed by atoms with E-state index in [-0.39, 0.29) is 11.8 Å². The smallest absolute Gasteiger partial charge is 0.193 e. The van der Waals surface area contributed by atoms with Gasteiger partial charge < -0.3 is 5.32 Å². The zero-order valence-corrected chi connectivity index (χ0v) is 10.5. The third kappa shape index (κ3) is 2.26. The van der Waals surface area contributed by atoms with Crippen molar-refractivity contribution in [1.29, 1.82) is 0 Å². The molecule has 3 heterocycles. The summed E-state index contributed by atoms with van der Waals surface area (Å²) in [4.78, 5) is 5.37. The standard InChI is InChI=1S/C10H11N3O2S2/c14-17(15)4-1-8(7-17)11-5-9-6-13-2-3-16-10(13)12-9/h1-4,6,8,11H,5,7H2. The summed E-state index contributed by atoms with van der Waals surface area (Å²) in [7, 11) is -2.98. The lowest BCUT2D eigenvalue weighted by atomic mass is 10.3. The topological polar surface area (TPSA) is 63.5 Å². The number of hydrogen-bond acceptors (Lipinski definition) is 5. The predicted molar refractivity (Wildman–Crippen MR) is 66.6 cm³/mol. The molecule has 0 radical (unpaired) electrons. The second-order valence-electron chi connectivity index (χ2n) is 3.97. The molecule has 1 aliphatic rings. The van der Waals surface area contributed by atoms with Gasteiger partial charge in [0.1, 0.15) is 0 Å². The van der Waals surface area contributed by atoms with Crippen LogP contribution in [0, 0.1) is 0 Å². The van der Waals surface area contributed by atoms with E-state index in [0.29, 0.717) is 6.54 Å². The number of thiazole rings is 1. The number of rotatable bonds is 3. The fourth-order valence-electron chi connectivity index (χ4n) is 1.80. The predicted octanol–water partition coefficient (Wildman–Crippen LogP) is 0.796. The Labute approximate surface area is 103 Å². The highest BCUT2D eigenvalue weighted by Gasteiger charge is 2.21. The van der Waals surface area contributed by atoms with Gasteiger partial charge in [-0.05, 0) is 0 Å². The maximum Gasteiger partial charge on any atom is 0.193 e. The minimum Gasteiger partial charge on any atom is -0.304 e. The Hall–Kier alpha value is -1.18. The molecule has 5 nitrogen and oxygen atoms in total. The van der Waals surface area contributed by atoms with Crippen LogP contribution in [0.25, 0.3) is 4.96 Å². The molecule has 0 amide bonds. The van der Waals surface area contributed by atoms with E-state index in [2.05, 4.69) is 10.3 Å². The van der Waals surface area contributed by atoms with Crippen molar-refractivity contribution in [2.24, 2.45) is 0 Å². The Balaban J connectivity index is 1.65. The van der Waals surface area contributed by atoms with E-state index in [9.17, 15) is 8.42 Å². The molecule has 1 aliphatic heterocycles. The summed E-state index contributed by atoms with van der Waals surface area (Å²) < 4.78 is 24.4. The second-order valence-corrected chi connectivity index (χ2v) is 6.77. The van der Waals surface area contributed by atoms with Crippen LogP contribution in [0.5, 0.6) is 0 Å². The van der Waals surface area contributed by atoms with Crippen molar-refractivity contribution in [2.45, 2.75) is 12.6 Å². The van der Waals surface area contributed by atoms with Gasteiger partial charge in [0.25, 0.3) is 0 Å². The van der Waals surface area contributed by atoms with E-state index in [1.165, 1.54) is 5.41 Å². The lowest BCUT2D eigenvalue weighted by Crippen LogP contribution is -2.29. The van der Waals surface area contributed by atoms with E-state index in [0.717, 1.165) is 10.7 Å². The van der Waals surface area contributed by atoms with Gasteiger partial charge in [0.15, 0.2) is 14.8 Å². The highest BCUT2D eigenvalue weighted by atomic mass is 32.2. The number of imidazole rings is 1. The van der Waals surface area contributed by atoms with Crippen molar-refractivity contribution in [2.75, 3.05) is 5.75 Å². The molecule has 0 saturated heterocycles. The molecule has 0 aliphatic carbocycles. The summed E-state index contributed by atoms with van der Waals surface area (Å²) in [6.45, 7) is 0.582. The van der Waals surface area contributed by atoms with Crippen LogP contribution in [0.1, 0.15) is 5.69 Å². The number of fused-ring (bicyclic) bond motifs is 1. The minimum atomic E-state index is -2.98. The van der Waals surface area contributed by atoms with Gasteiger partial charge in [-0.1, -0.05) is 6.08 Å². The summed E-state index contributed by atoms with van der Waals surface area (Å²) >= 11 is 1.58. The molecular formula is C10H11N3O2S2. The molecule has 0 saturated carbocycles. The van der Waals surface area contributed by atoms with Crippen molar-refractivity contribution < 1.29 is 8.42 Å². The fourth-order valence-corrected chi connectivity index (χ4v) is 3.79. The van der Waals surface area contributed by atoms with Crippen molar-refractivity contribution in [3.8, 4) is 0 Å². The lowest BCUT2D eigenvalue weighted by Gasteiger charge is -2.07. The third-order valence-electron chi connectivity index (χ3n) is 2.62. The first kappa shape index (κ1) is 10.9. The Bertz CT molecular complexity index is 640. The molecule has 1 N–H and O–H groups in total. The number of sulfone groups is 1. The van der Waals surface area contributed by atoms with Crippen molar-refractivity contribution >= 4 is 26.1 Å². The zero-order valence-electron chi connectivity index (χ0n) is 8.91. The molecule has 0 spiro atoms. The molecule has 3 rings (SSSR count). The van der Waals surface area contributed by atoms with Crippen LogP contribution in [-0.4, -0.2) is 29.6 Å². The Morgan fingerprint density at radius 3 is 3.18 bits per heavy atom. The first-order chi connectivity index (χ1) is 8.12. The number of nitrogens with one attached hydrogen (secondary N) is 1. The first-order valence-electron chi connectivity index (χ1n) is 5.18.